The van der Waals surface area contributed by atoms with Crippen LogP contribution < -0.4 is 9.04 Å². The largest absolute Gasteiger partial charge is 0.486 e. The third kappa shape index (κ3) is 4.81. The van der Waals surface area contributed by atoms with Gasteiger partial charge in [-0.3, -0.25) is 9.10 Å². The molecule has 0 spiro atoms. The Bertz CT molecular complexity index is 1650. The molecule has 0 bridgehead atoms. The van der Waals surface area contributed by atoms with Gasteiger partial charge in [0.05, 0.1) is 28.1 Å². The van der Waals surface area contributed by atoms with Gasteiger partial charge in [0.1, 0.15) is 23.5 Å². The van der Waals surface area contributed by atoms with Crippen LogP contribution in [0.15, 0.2) is 65.6 Å². The summed E-state index contributed by atoms with van der Waals surface area (Å²) in [5.74, 6) is -3.16. The van der Waals surface area contributed by atoms with Crippen LogP contribution in [0, 0.1) is 28.4 Å². The summed E-state index contributed by atoms with van der Waals surface area (Å²) in [6.07, 6.45) is -5.55. The van der Waals surface area contributed by atoms with E-state index in [0.29, 0.717) is 6.07 Å². The molecule has 1 fully saturated rings. The molecule has 1 saturated carbocycles. The molecule has 3 aromatic rings. The molecular weight excluding hydrogens is 569 g/mol. The van der Waals surface area contributed by atoms with Crippen molar-refractivity contribution in [2.24, 2.45) is 16.7 Å². The molecule has 1 N–H and O–H groups in total. The molecule has 1 unspecified atom stereocenters. The summed E-state index contributed by atoms with van der Waals surface area (Å²) in [4.78, 5) is 11.7. The van der Waals surface area contributed by atoms with Gasteiger partial charge in [-0.1, -0.05) is 32.9 Å². The van der Waals surface area contributed by atoms with Crippen molar-refractivity contribution in [1.29, 1.82) is 0 Å². The summed E-state index contributed by atoms with van der Waals surface area (Å²) in [6, 6.07) is 10.1. The molecule has 0 radical (unpaired) electrons. The second-order valence-corrected chi connectivity index (χ2v) is 13.2. The summed E-state index contributed by atoms with van der Waals surface area (Å²) in [5, 5.41) is 10.1. The first kappa shape index (κ1) is 28.8. The fourth-order valence-corrected chi connectivity index (χ4v) is 7.25. The van der Waals surface area contributed by atoms with Gasteiger partial charge < -0.3 is 9.84 Å². The fraction of sp³-hybridized carbons (Fsp3) is 0.345. The van der Waals surface area contributed by atoms with Gasteiger partial charge in [-0.05, 0) is 65.9 Å². The topological polar surface area (TPSA) is 83.9 Å². The minimum atomic E-state index is -4.80. The first-order valence-electron chi connectivity index (χ1n) is 12.7. The lowest BCUT2D eigenvalue weighted by molar-refractivity contribution is -0.149. The number of sulfonamides is 1. The van der Waals surface area contributed by atoms with Crippen LogP contribution in [-0.2, 0) is 21.0 Å². The number of alkyl halides is 3. The number of anilines is 1. The second-order valence-electron chi connectivity index (χ2n) is 11.4. The van der Waals surface area contributed by atoms with Crippen LogP contribution in [0.2, 0.25) is 0 Å². The number of aliphatic carboxylic acids is 1. The van der Waals surface area contributed by atoms with Crippen molar-refractivity contribution in [2.45, 2.75) is 44.4 Å². The molecule has 2 aliphatic rings. The van der Waals surface area contributed by atoms with E-state index in [2.05, 4.69) is 0 Å². The maximum Gasteiger partial charge on any atom is 0.416 e. The van der Waals surface area contributed by atoms with Crippen molar-refractivity contribution >= 4 is 21.7 Å². The van der Waals surface area contributed by atoms with Gasteiger partial charge in [-0.2, -0.15) is 13.2 Å². The Morgan fingerprint density at radius 1 is 1.02 bits per heavy atom. The zero-order chi connectivity index (χ0) is 30.1. The summed E-state index contributed by atoms with van der Waals surface area (Å²) in [6.45, 7) is 4.87. The number of rotatable bonds is 5. The third-order valence-corrected chi connectivity index (χ3v) is 9.80. The lowest BCUT2D eigenvalue weighted by Gasteiger charge is -2.38. The first-order valence-corrected chi connectivity index (χ1v) is 14.1. The van der Waals surface area contributed by atoms with E-state index in [0.717, 1.165) is 40.7 Å². The molecule has 5 rings (SSSR count). The van der Waals surface area contributed by atoms with E-state index in [9.17, 15) is 40.3 Å². The molecule has 218 valence electrons. The standard InChI is InChI=1S/C29H26F5NO5S/c1-27(2,3)28(26(36)37)14-21(28)25-15-35(41(38,39)19-6-4-5-17(12-19)29(32,33)34)23-11-16(7-10-24(23)40-25)20-13-18(30)8-9-22(20)31/h4-13,21,25H,14-15H2,1-3H3,(H,36,37)/t21-,25?,28-/m0/s1. The zero-order valence-electron chi connectivity index (χ0n) is 22.2. The minimum absolute atomic E-state index is 0.0115. The van der Waals surface area contributed by atoms with Gasteiger partial charge in [0.2, 0.25) is 0 Å². The van der Waals surface area contributed by atoms with Crippen molar-refractivity contribution in [3.8, 4) is 16.9 Å². The highest BCUT2D eigenvalue weighted by Gasteiger charge is 2.70. The van der Waals surface area contributed by atoms with Gasteiger partial charge in [-0.15, -0.1) is 0 Å². The van der Waals surface area contributed by atoms with Crippen molar-refractivity contribution in [2.75, 3.05) is 10.8 Å². The van der Waals surface area contributed by atoms with E-state index in [1.54, 1.807) is 20.8 Å². The summed E-state index contributed by atoms with van der Waals surface area (Å²) >= 11 is 0. The van der Waals surface area contributed by atoms with E-state index in [-0.39, 0.29) is 29.0 Å². The fourth-order valence-electron chi connectivity index (χ4n) is 5.72. The number of nitrogens with zero attached hydrogens (tertiary/aromatic N) is 1. The lowest BCUT2D eigenvalue weighted by atomic mass is 9.75. The van der Waals surface area contributed by atoms with Crippen LogP contribution in [0.1, 0.15) is 32.8 Å². The molecule has 0 aromatic heterocycles. The quantitative estimate of drug-likeness (QED) is 0.330. The number of fused-ring (bicyclic) bond motifs is 1. The molecule has 6 nitrogen and oxygen atoms in total. The van der Waals surface area contributed by atoms with Crippen molar-refractivity contribution in [3.05, 3.63) is 77.9 Å². The van der Waals surface area contributed by atoms with Crippen LogP contribution in [0.4, 0.5) is 27.6 Å². The number of hydrogen-bond acceptors (Lipinski definition) is 4. The van der Waals surface area contributed by atoms with Gasteiger partial charge in [0, 0.05) is 11.5 Å². The maximum atomic E-state index is 14.6. The Labute approximate surface area is 233 Å². The highest BCUT2D eigenvalue weighted by molar-refractivity contribution is 7.92. The Morgan fingerprint density at radius 2 is 1.73 bits per heavy atom. The summed E-state index contributed by atoms with van der Waals surface area (Å²) in [5.41, 5.74) is -3.25. The van der Waals surface area contributed by atoms with Crippen LogP contribution in [0.5, 0.6) is 5.75 Å². The molecule has 0 saturated heterocycles. The molecular formula is C29H26F5NO5S. The number of halogens is 5. The number of hydrogen-bond donors (Lipinski definition) is 1. The van der Waals surface area contributed by atoms with Crippen molar-refractivity contribution in [1.82, 2.24) is 0 Å². The van der Waals surface area contributed by atoms with Crippen LogP contribution >= 0.6 is 0 Å². The highest BCUT2D eigenvalue weighted by atomic mass is 32.2. The van der Waals surface area contributed by atoms with Crippen molar-refractivity contribution in [3.63, 3.8) is 0 Å². The molecule has 41 heavy (non-hydrogen) atoms. The van der Waals surface area contributed by atoms with Crippen LogP contribution in [0.25, 0.3) is 11.1 Å². The smallest absolute Gasteiger partial charge is 0.416 e. The molecule has 12 heteroatoms. The van der Waals surface area contributed by atoms with Gasteiger partial charge >= 0.3 is 12.1 Å². The van der Waals surface area contributed by atoms with Crippen LogP contribution in [-0.4, -0.2) is 32.1 Å². The molecule has 1 heterocycles. The lowest BCUT2D eigenvalue weighted by Crippen LogP contribution is -2.47. The van der Waals surface area contributed by atoms with Crippen LogP contribution in [0.3, 0.4) is 0 Å². The highest BCUT2D eigenvalue weighted by Crippen LogP contribution is 2.66. The third-order valence-electron chi connectivity index (χ3n) is 8.02. The maximum absolute atomic E-state index is 14.6. The van der Waals surface area contributed by atoms with Gasteiger partial charge in [0.25, 0.3) is 10.0 Å². The molecule has 1 aliphatic carbocycles. The van der Waals surface area contributed by atoms with E-state index in [1.807, 2.05) is 0 Å². The molecule has 3 atom stereocenters. The van der Waals surface area contributed by atoms with E-state index in [4.69, 9.17) is 4.74 Å². The number of carbonyl (C=O) groups is 1. The number of carboxylic acid groups (broad SMARTS) is 1. The Balaban J connectivity index is 1.64. The van der Waals surface area contributed by atoms with E-state index < -0.39 is 73.7 Å². The average Bonchev–Trinajstić information content (AvgIpc) is 3.67. The predicted octanol–water partition coefficient (Wildman–Crippen LogP) is 6.74. The van der Waals surface area contributed by atoms with E-state index >= 15 is 0 Å². The molecule has 1 aliphatic heterocycles. The first-order chi connectivity index (χ1) is 19.0. The molecule has 3 aromatic carbocycles. The zero-order valence-corrected chi connectivity index (χ0v) is 23.0. The average molecular weight is 596 g/mol. The normalized spacial score (nSPS) is 22.6. The predicted molar refractivity (Wildman–Crippen MR) is 140 cm³/mol. The van der Waals surface area contributed by atoms with Gasteiger partial charge in [-0.25, -0.2) is 17.2 Å². The van der Waals surface area contributed by atoms with E-state index in [1.165, 1.54) is 18.2 Å². The second kappa shape index (κ2) is 9.43. The number of ether oxygens (including phenoxy) is 1. The van der Waals surface area contributed by atoms with Crippen molar-refractivity contribution < 1.29 is 45.0 Å². The summed E-state index contributed by atoms with van der Waals surface area (Å²) in [7, 11) is -4.67. The SMILES string of the molecule is CC(C)(C)[C@@]1(C(=O)O)C[C@H]1C1CN(S(=O)(=O)c2cccc(C(F)(F)F)c2)c2cc(-c3cc(F)ccc3F)ccc2O1. The van der Waals surface area contributed by atoms with Gasteiger partial charge in [0.15, 0.2) is 0 Å². The Hall–Kier alpha value is -3.67. The Morgan fingerprint density at radius 3 is 2.34 bits per heavy atom. The molecule has 0 amide bonds. The summed E-state index contributed by atoms with van der Waals surface area (Å²) < 4.78 is 104. The number of benzene rings is 3. The number of carboxylic acids is 1. The minimum Gasteiger partial charge on any atom is -0.486 e. The monoisotopic (exact) mass is 595 g/mol. The Kier molecular flexibility index (Phi) is 6.64.